The van der Waals surface area contributed by atoms with E-state index in [4.69, 9.17) is 15.2 Å². The number of amides is 1. The molecule has 0 atom stereocenters. The topological polar surface area (TPSA) is 117 Å². The lowest BCUT2D eigenvalue weighted by atomic mass is 10.1. The summed E-state index contributed by atoms with van der Waals surface area (Å²) >= 11 is 2.23. The maximum Gasteiger partial charge on any atom is 0.312 e. The lowest BCUT2D eigenvalue weighted by Crippen LogP contribution is -2.31. The Morgan fingerprint density at radius 2 is 2.03 bits per heavy atom. The molecular formula is C19H20FIN6O3. The van der Waals surface area contributed by atoms with E-state index in [0.29, 0.717) is 48.0 Å². The Bertz CT molecular complexity index is 1130. The van der Waals surface area contributed by atoms with Gasteiger partial charge in [-0.1, -0.05) is 13.8 Å². The van der Waals surface area contributed by atoms with Crippen LogP contribution < -0.4 is 20.5 Å². The van der Waals surface area contributed by atoms with Gasteiger partial charge in [0.1, 0.15) is 5.82 Å². The zero-order valence-corrected chi connectivity index (χ0v) is 18.6. The largest absolute Gasteiger partial charge is 0.454 e. The molecule has 0 saturated carbocycles. The first-order chi connectivity index (χ1) is 14.3. The van der Waals surface area contributed by atoms with E-state index in [1.807, 2.05) is 26.0 Å². The minimum atomic E-state index is -0.920. The summed E-state index contributed by atoms with van der Waals surface area (Å²) in [5, 5.41) is 2.86. The Kier molecular flexibility index (Phi) is 5.62. The molecule has 30 heavy (non-hydrogen) atoms. The monoisotopic (exact) mass is 526 g/mol. The fourth-order valence-electron chi connectivity index (χ4n) is 3.17. The van der Waals surface area contributed by atoms with Crippen LogP contribution in [0.1, 0.15) is 25.2 Å². The lowest BCUT2D eigenvalue weighted by Gasteiger charge is -2.12. The van der Waals surface area contributed by atoms with Crippen LogP contribution in [0.15, 0.2) is 12.1 Å². The van der Waals surface area contributed by atoms with Gasteiger partial charge in [-0.3, -0.25) is 4.79 Å². The van der Waals surface area contributed by atoms with Gasteiger partial charge in [0, 0.05) is 29.0 Å². The lowest BCUT2D eigenvalue weighted by molar-refractivity contribution is -0.124. The van der Waals surface area contributed by atoms with Crippen LogP contribution in [0.4, 0.5) is 10.2 Å². The van der Waals surface area contributed by atoms with Crippen molar-refractivity contribution in [2.24, 2.45) is 5.92 Å². The number of nitrogens with one attached hydrogen (secondary N) is 1. The molecular weight excluding hydrogens is 506 g/mol. The second-order valence-electron chi connectivity index (χ2n) is 7.15. The highest BCUT2D eigenvalue weighted by atomic mass is 127. The molecule has 1 amide bonds. The van der Waals surface area contributed by atoms with Gasteiger partial charge in [0.25, 0.3) is 0 Å². The van der Waals surface area contributed by atoms with Crippen molar-refractivity contribution in [2.75, 3.05) is 19.1 Å². The van der Waals surface area contributed by atoms with Crippen molar-refractivity contribution in [1.82, 2.24) is 24.8 Å². The van der Waals surface area contributed by atoms with E-state index >= 15 is 0 Å². The Balaban J connectivity index is 1.70. The van der Waals surface area contributed by atoms with Gasteiger partial charge in [0.2, 0.25) is 12.7 Å². The third-order valence-corrected chi connectivity index (χ3v) is 5.73. The van der Waals surface area contributed by atoms with E-state index in [1.165, 1.54) is 0 Å². The molecule has 1 aliphatic heterocycles. The van der Waals surface area contributed by atoms with Gasteiger partial charge in [0.05, 0.1) is 0 Å². The second-order valence-corrected chi connectivity index (χ2v) is 8.31. The first kappa shape index (κ1) is 20.6. The van der Waals surface area contributed by atoms with E-state index in [-0.39, 0.29) is 24.4 Å². The van der Waals surface area contributed by atoms with Crippen molar-refractivity contribution in [3.8, 4) is 11.5 Å². The number of nitrogens with two attached hydrogens (primary N) is 1. The molecule has 3 N–H and O–H groups in total. The number of benzene rings is 1. The van der Waals surface area contributed by atoms with Gasteiger partial charge >= 0.3 is 6.08 Å². The van der Waals surface area contributed by atoms with Crippen molar-refractivity contribution in [1.29, 1.82) is 0 Å². The number of nitrogen functional groups attached to an aromatic ring is 1. The summed E-state index contributed by atoms with van der Waals surface area (Å²) in [6.07, 6.45) is -0.485. The van der Waals surface area contributed by atoms with Crippen LogP contribution in [0.5, 0.6) is 11.5 Å². The number of halogens is 2. The molecule has 0 radical (unpaired) electrons. The Morgan fingerprint density at radius 1 is 1.30 bits per heavy atom. The van der Waals surface area contributed by atoms with Crippen LogP contribution in [0, 0.1) is 15.6 Å². The first-order valence-corrected chi connectivity index (χ1v) is 10.4. The molecule has 2 aromatic heterocycles. The standard InChI is InChI=1S/C19H20FIN6O3/c1-9(2)18(28)23-3-4-27-14(24-15-16(22)25-19(20)26-17(15)27)6-10-5-12-13(7-11(10)21)30-8-29-12/h5,7,9H,3-4,6,8H2,1-2H3,(H,23,28)(H2,22,25,26). The van der Waals surface area contributed by atoms with E-state index in [9.17, 15) is 9.18 Å². The molecule has 3 heterocycles. The molecule has 4 rings (SSSR count). The summed E-state index contributed by atoms with van der Waals surface area (Å²) < 4.78 is 27.5. The molecule has 3 aromatic rings. The number of carbonyl (C=O) groups excluding carboxylic acids is 1. The quantitative estimate of drug-likeness (QED) is 0.374. The van der Waals surface area contributed by atoms with Gasteiger partial charge in [-0.15, -0.1) is 0 Å². The van der Waals surface area contributed by atoms with E-state index in [1.54, 1.807) is 4.57 Å². The van der Waals surface area contributed by atoms with Crippen LogP contribution in [0.3, 0.4) is 0 Å². The van der Waals surface area contributed by atoms with Crippen LogP contribution in [0.2, 0.25) is 0 Å². The number of rotatable bonds is 6. The number of ether oxygens (including phenoxy) is 2. The summed E-state index contributed by atoms with van der Waals surface area (Å²) in [4.78, 5) is 23.9. The first-order valence-electron chi connectivity index (χ1n) is 9.37. The number of carbonyl (C=O) groups is 1. The van der Waals surface area contributed by atoms with E-state index in [2.05, 4.69) is 42.9 Å². The van der Waals surface area contributed by atoms with Gasteiger partial charge in [-0.05, 0) is 40.3 Å². The van der Waals surface area contributed by atoms with E-state index < -0.39 is 6.08 Å². The molecule has 9 nitrogen and oxygen atoms in total. The maximum atomic E-state index is 13.8. The van der Waals surface area contributed by atoms with Crippen molar-refractivity contribution in [3.63, 3.8) is 0 Å². The molecule has 0 bridgehead atoms. The summed E-state index contributed by atoms with van der Waals surface area (Å²) in [6, 6.07) is 3.81. The number of aromatic nitrogens is 4. The average Bonchev–Trinajstić information content (AvgIpc) is 3.26. The number of hydrogen-bond acceptors (Lipinski definition) is 7. The van der Waals surface area contributed by atoms with Gasteiger partial charge in [-0.25, -0.2) is 4.98 Å². The Labute approximate surface area is 185 Å². The average molecular weight is 526 g/mol. The molecule has 1 aromatic carbocycles. The van der Waals surface area contributed by atoms with Gasteiger partial charge < -0.3 is 25.1 Å². The molecule has 0 fully saturated rings. The highest BCUT2D eigenvalue weighted by Crippen LogP contribution is 2.36. The molecule has 11 heteroatoms. The van der Waals surface area contributed by atoms with Gasteiger partial charge in [-0.2, -0.15) is 14.4 Å². The van der Waals surface area contributed by atoms with E-state index in [0.717, 1.165) is 9.13 Å². The summed E-state index contributed by atoms with van der Waals surface area (Å²) in [5.41, 5.74) is 7.47. The zero-order valence-electron chi connectivity index (χ0n) is 16.4. The van der Waals surface area contributed by atoms with Crippen LogP contribution in [-0.4, -0.2) is 38.8 Å². The van der Waals surface area contributed by atoms with Crippen molar-refractivity contribution < 1.29 is 18.7 Å². The molecule has 158 valence electrons. The van der Waals surface area contributed by atoms with Gasteiger partial charge in [0.15, 0.2) is 28.5 Å². The second kappa shape index (κ2) is 8.20. The molecule has 0 spiro atoms. The smallest absolute Gasteiger partial charge is 0.312 e. The molecule has 0 aliphatic carbocycles. The van der Waals surface area contributed by atoms with Crippen molar-refractivity contribution in [2.45, 2.75) is 26.8 Å². The third-order valence-electron chi connectivity index (χ3n) is 4.72. The third kappa shape index (κ3) is 3.98. The Morgan fingerprint density at radius 3 is 2.77 bits per heavy atom. The number of imidazole rings is 1. The molecule has 0 saturated heterocycles. The van der Waals surface area contributed by atoms with Crippen molar-refractivity contribution >= 4 is 45.5 Å². The number of nitrogens with zero attached hydrogens (tertiary/aromatic N) is 4. The van der Waals surface area contributed by atoms with Crippen LogP contribution >= 0.6 is 22.6 Å². The number of fused-ring (bicyclic) bond motifs is 2. The predicted molar refractivity (Wildman–Crippen MR) is 116 cm³/mol. The Hall–Kier alpha value is -2.70. The normalized spacial score (nSPS) is 12.7. The predicted octanol–water partition coefficient (Wildman–Crippen LogP) is 2.24. The summed E-state index contributed by atoms with van der Waals surface area (Å²) in [6.45, 7) is 4.53. The number of hydrogen-bond donors (Lipinski definition) is 2. The zero-order chi connectivity index (χ0) is 21.4. The molecule has 0 unspecified atom stereocenters. The SMILES string of the molecule is CC(C)C(=O)NCCn1c(Cc2cc3c(cc2I)OCO3)nc2c(N)nc(F)nc21. The summed E-state index contributed by atoms with van der Waals surface area (Å²) in [5.74, 6) is 1.78. The highest BCUT2D eigenvalue weighted by molar-refractivity contribution is 14.1. The van der Waals surface area contributed by atoms with Crippen LogP contribution in [0.25, 0.3) is 11.2 Å². The fraction of sp³-hybridized carbons (Fsp3) is 0.368. The minimum Gasteiger partial charge on any atom is -0.454 e. The fourth-order valence-corrected chi connectivity index (χ4v) is 3.80. The molecule has 1 aliphatic rings. The highest BCUT2D eigenvalue weighted by Gasteiger charge is 2.21. The minimum absolute atomic E-state index is 0.0240. The van der Waals surface area contributed by atoms with Crippen molar-refractivity contribution in [3.05, 3.63) is 33.2 Å². The summed E-state index contributed by atoms with van der Waals surface area (Å²) in [7, 11) is 0. The van der Waals surface area contributed by atoms with Crippen LogP contribution in [-0.2, 0) is 17.8 Å². The maximum absolute atomic E-state index is 13.8. The number of anilines is 1.